The van der Waals surface area contributed by atoms with Crippen LogP contribution in [0.2, 0.25) is 0 Å². The highest BCUT2D eigenvalue weighted by Gasteiger charge is 2.10. The first-order valence-corrected chi connectivity index (χ1v) is 13.7. The molecule has 3 aromatic rings. The third-order valence-corrected chi connectivity index (χ3v) is 5.79. The topological polar surface area (TPSA) is 108 Å². The molecule has 0 fully saturated rings. The van der Waals surface area contributed by atoms with Crippen molar-refractivity contribution in [2.24, 2.45) is 0 Å². The van der Waals surface area contributed by atoms with Crippen LogP contribution < -0.4 is 9.47 Å². The van der Waals surface area contributed by atoms with Gasteiger partial charge in [0.05, 0.1) is 52.9 Å². The molecule has 0 unspecified atom stereocenters. The van der Waals surface area contributed by atoms with Gasteiger partial charge in [-0.3, -0.25) is 0 Å². The minimum Gasteiger partial charge on any atom is -0.491 e. The second-order valence-corrected chi connectivity index (χ2v) is 8.70. The summed E-state index contributed by atoms with van der Waals surface area (Å²) in [7, 11) is 0. The Morgan fingerprint density at radius 3 is 1.26 bits per heavy atom. The Balaban J connectivity index is 1.43. The van der Waals surface area contributed by atoms with Gasteiger partial charge in [-0.2, -0.15) is 0 Å². The van der Waals surface area contributed by atoms with Crippen molar-refractivity contribution in [2.45, 2.75) is 0 Å². The summed E-state index contributed by atoms with van der Waals surface area (Å²) in [5.74, 6) is 0.530. The van der Waals surface area contributed by atoms with Crippen molar-refractivity contribution in [2.75, 3.05) is 79.3 Å². The van der Waals surface area contributed by atoms with Gasteiger partial charge in [0, 0.05) is 22.9 Å². The van der Waals surface area contributed by atoms with E-state index in [2.05, 4.69) is 37.4 Å². The molecule has 0 N–H and O–H groups in total. The molecule has 0 aliphatic heterocycles. The van der Waals surface area contributed by atoms with Crippen LogP contribution >= 0.6 is 0 Å². The molecular formula is C32H38O10. The number of benzene rings is 3. The van der Waals surface area contributed by atoms with E-state index in [4.69, 9.17) is 37.9 Å². The summed E-state index contributed by atoms with van der Waals surface area (Å²) < 4.78 is 43.7. The third kappa shape index (κ3) is 11.5. The predicted molar refractivity (Wildman–Crippen MR) is 158 cm³/mol. The Morgan fingerprint density at radius 1 is 0.524 bits per heavy atom. The highest BCUT2D eigenvalue weighted by Crippen LogP contribution is 2.36. The molecule has 226 valence electrons. The second kappa shape index (κ2) is 19.2. The molecule has 0 spiro atoms. The molecule has 0 saturated heterocycles. The van der Waals surface area contributed by atoms with Gasteiger partial charge in [-0.15, -0.1) is 0 Å². The molecule has 3 aromatic carbocycles. The van der Waals surface area contributed by atoms with E-state index in [0.717, 1.165) is 45.2 Å². The highest BCUT2D eigenvalue weighted by atomic mass is 16.6. The van der Waals surface area contributed by atoms with Crippen molar-refractivity contribution < 1.29 is 47.5 Å². The zero-order valence-electron chi connectivity index (χ0n) is 23.8. The van der Waals surface area contributed by atoms with Crippen LogP contribution in [0, 0.1) is 0 Å². The summed E-state index contributed by atoms with van der Waals surface area (Å²) in [4.78, 5) is 21.9. The standard InChI is InChI=1S/C32H38O10/c1-3-31(33)41-21-17-37-13-11-35-15-19-39-29-9-10-30(28-24-26-8-6-5-7-25(26)23-27(28)29)40-20-16-36-12-14-38-18-22-42-32(34)4-2/h3-10,23-24H,1-2,11-22H2. The fourth-order valence-corrected chi connectivity index (χ4v) is 3.82. The number of rotatable bonds is 22. The lowest BCUT2D eigenvalue weighted by atomic mass is 10.0. The van der Waals surface area contributed by atoms with E-state index in [-0.39, 0.29) is 13.2 Å². The van der Waals surface area contributed by atoms with E-state index in [9.17, 15) is 9.59 Å². The van der Waals surface area contributed by atoms with Gasteiger partial charge in [-0.05, 0) is 35.0 Å². The first-order valence-electron chi connectivity index (χ1n) is 13.7. The van der Waals surface area contributed by atoms with Crippen LogP contribution in [0.15, 0.2) is 73.8 Å². The van der Waals surface area contributed by atoms with Crippen LogP contribution in [-0.2, 0) is 38.0 Å². The molecule has 0 bridgehead atoms. The molecule has 0 atom stereocenters. The van der Waals surface area contributed by atoms with Gasteiger partial charge < -0.3 is 37.9 Å². The van der Waals surface area contributed by atoms with Crippen LogP contribution in [0.1, 0.15) is 0 Å². The summed E-state index contributed by atoms with van der Waals surface area (Å²) in [6.45, 7) is 10.7. The minimum absolute atomic E-state index is 0.176. The number of esters is 2. The van der Waals surface area contributed by atoms with Crippen LogP contribution in [-0.4, -0.2) is 91.2 Å². The molecule has 10 nitrogen and oxygen atoms in total. The second-order valence-electron chi connectivity index (χ2n) is 8.70. The SMILES string of the molecule is C=CC(=O)OCCOCCOCCOc1ccc(OCCOCCOCCOC(=O)C=C)c2cc3ccccc3cc12. The Kier molecular flexibility index (Phi) is 14.9. The fourth-order valence-electron chi connectivity index (χ4n) is 3.82. The molecular weight excluding hydrogens is 544 g/mol. The molecule has 0 aliphatic carbocycles. The van der Waals surface area contributed by atoms with Crippen molar-refractivity contribution in [1.29, 1.82) is 0 Å². The largest absolute Gasteiger partial charge is 0.491 e. The van der Waals surface area contributed by atoms with Gasteiger partial charge in [0.1, 0.15) is 37.9 Å². The molecule has 3 rings (SSSR count). The van der Waals surface area contributed by atoms with E-state index in [1.54, 1.807) is 0 Å². The molecule has 0 heterocycles. The maximum atomic E-state index is 11.0. The van der Waals surface area contributed by atoms with E-state index in [0.29, 0.717) is 66.1 Å². The maximum absolute atomic E-state index is 11.0. The van der Waals surface area contributed by atoms with Crippen molar-refractivity contribution >= 4 is 33.5 Å². The Morgan fingerprint density at radius 2 is 0.881 bits per heavy atom. The first-order chi connectivity index (χ1) is 20.6. The lowest BCUT2D eigenvalue weighted by Crippen LogP contribution is -2.14. The van der Waals surface area contributed by atoms with Crippen molar-refractivity contribution in [3.8, 4) is 11.5 Å². The van der Waals surface area contributed by atoms with Crippen molar-refractivity contribution in [3.05, 3.63) is 73.8 Å². The molecule has 10 heteroatoms. The zero-order chi connectivity index (χ0) is 29.8. The van der Waals surface area contributed by atoms with Gasteiger partial charge in [-0.1, -0.05) is 37.4 Å². The monoisotopic (exact) mass is 582 g/mol. The average molecular weight is 583 g/mol. The molecule has 0 aliphatic rings. The Hall–Kier alpha value is -3.96. The van der Waals surface area contributed by atoms with Gasteiger partial charge in [0.2, 0.25) is 0 Å². The van der Waals surface area contributed by atoms with Gasteiger partial charge >= 0.3 is 11.9 Å². The summed E-state index contributed by atoms with van der Waals surface area (Å²) in [5.41, 5.74) is 0. The summed E-state index contributed by atoms with van der Waals surface area (Å²) in [6.07, 6.45) is 2.23. The first kappa shape index (κ1) is 32.6. The summed E-state index contributed by atoms with van der Waals surface area (Å²) >= 11 is 0. The van der Waals surface area contributed by atoms with E-state index < -0.39 is 11.9 Å². The summed E-state index contributed by atoms with van der Waals surface area (Å²) in [5, 5.41) is 4.08. The number of ether oxygens (including phenoxy) is 8. The van der Waals surface area contributed by atoms with Crippen molar-refractivity contribution in [1.82, 2.24) is 0 Å². The normalized spacial score (nSPS) is 10.9. The molecule has 0 saturated carbocycles. The highest BCUT2D eigenvalue weighted by molar-refractivity contribution is 6.03. The molecule has 0 radical (unpaired) electrons. The van der Waals surface area contributed by atoms with Gasteiger partial charge in [0.25, 0.3) is 0 Å². The quantitative estimate of drug-likeness (QED) is 0.0737. The lowest BCUT2D eigenvalue weighted by Gasteiger charge is -2.15. The molecule has 0 amide bonds. The number of fused-ring (bicyclic) bond motifs is 2. The number of carbonyl (C=O) groups excluding carboxylic acids is 2. The third-order valence-electron chi connectivity index (χ3n) is 5.79. The zero-order valence-corrected chi connectivity index (χ0v) is 23.8. The molecule has 0 aromatic heterocycles. The minimum atomic E-state index is -0.470. The number of hydrogen-bond acceptors (Lipinski definition) is 10. The average Bonchev–Trinajstić information content (AvgIpc) is 3.02. The van der Waals surface area contributed by atoms with E-state index in [1.807, 2.05) is 24.3 Å². The molecule has 42 heavy (non-hydrogen) atoms. The number of hydrogen-bond donors (Lipinski definition) is 0. The van der Waals surface area contributed by atoms with Crippen LogP contribution in [0.4, 0.5) is 0 Å². The van der Waals surface area contributed by atoms with Crippen LogP contribution in [0.25, 0.3) is 21.5 Å². The smallest absolute Gasteiger partial charge is 0.330 e. The Labute approximate surface area is 245 Å². The maximum Gasteiger partial charge on any atom is 0.330 e. The summed E-state index contributed by atoms with van der Waals surface area (Å²) in [6, 6.07) is 16.1. The Bertz CT molecular complexity index is 1190. The van der Waals surface area contributed by atoms with E-state index >= 15 is 0 Å². The van der Waals surface area contributed by atoms with Gasteiger partial charge in [-0.25, -0.2) is 9.59 Å². The predicted octanol–water partition coefficient (Wildman–Crippen LogP) is 4.28. The lowest BCUT2D eigenvalue weighted by molar-refractivity contribution is -0.140. The fraction of sp³-hybridized carbons (Fsp3) is 0.375. The van der Waals surface area contributed by atoms with Crippen LogP contribution in [0.3, 0.4) is 0 Å². The number of carbonyl (C=O) groups is 2. The van der Waals surface area contributed by atoms with E-state index in [1.165, 1.54) is 0 Å². The van der Waals surface area contributed by atoms with Crippen LogP contribution in [0.5, 0.6) is 11.5 Å². The van der Waals surface area contributed by atoms with Crippen molar-refractivity contribution in [3.63, 3.8) is 0 Å². The van der Waals surface area contributed by atoms with Gasteiger partial charge in [0.15, 0.2) is 0 Å².